The fraction of sp³-hybridized carbons (Fsp3) is 0.500. The molecule has 1 aromatic carbocycles. The molecule has 1 aliphatic rings. The Morgan fingerprint density at radius 1 is 1.33 bits per heavy atom. The molecule has 9 heteroatoms. The number of nitrogens with one attached hydrogen (secondary N) is 2. The van der Waals surface area contributed by atoms with Gasteiger partial charge in [0.05, 0.1) is 4.90 Å². The Labute approximate surface area is 123 Å². The third kappa shape index (κ3) is 4.00. The SMILES string of the molecule is CS(=O)(=O)c1ccc(F)c(S(=O)(=O)NCC2CCNC2)c1. The van der Waals surface area contributed by atoms with Gasteiger partial charge in [-0.25, -0.2) is 25.9 Å². The van der Waals surface area contributed by atoms with E-state index in [4.69, 9.17) is 0 Å². The maximum atomic E-state index is 13.7. The van der Waals surface area contributed by atoms with Gasteiger partial charge in [0.25, 0.3) is 0 Å². The second-order valence-electron chi connectivity index (χ2n) is 5.08. The molecular weight excluding hydrogens is 319 g/mol. The van der Waals surface area contributed by atoms with Crippen LogP contribution >= 0.6 is 0 Å². The van der Waals surface area contributed by atoms with Crippen LogP contribution in [0.1, 0.15) is 6.42 Å². The third-order valence-corrected chi connectivity index (χ3v) is 5.89. The summed E-state index contributed by atoms with van der Waals surface area (Å²) in [6.45, 7) is 1.72. The van der Waals surface area contributed by atoms with Crippen molar-refractivity contribution in [1.82, 2.24) is 10.0 Å². The number of sulfonamides is 1. The van der Waals surface area contributed by atoms with E-state index in [1.54, 1.807) is 0 Å². The van der Waals surface area contributed by atoms with Crippen LogP contribution in [0.15, 0.2) is 28.0 Å². The largest absolute Gasteiger partial charge is 0.316 e. The first-order valence-corrected chi connectivity index (χ1v) is 9.77. The van der Waals surface area contributed by atoms with Crippen LogP contribution in [0.25, 0.3) is 0 Å². The highest BCUT2D eigenvalue weighted by atomic mass is 32.2. The number of sulfone groups is 1. The van der Waals surface area contributed by atoms with Crippen molar-refractivity contribution in [3.8, 4) is 0 Å². The van der Waals surface area contributed by atoms with Crippen molar-refractivity contribution < 1.29 is 21.2 Å². The molecule has 1 atom stereocenters. The van der Waals surface area contributed by atoms with Gasteiger partial charge in [-0.1, -0.05) is 0 Å². The monoisotopic (exact) mass is 336 g/mol. The predicted molar refractivity (Wildman–Crippen MR) is 75.7 cm³/mol. The number of hydrogen-bond donors (Lipinski definition) is 2. The van der Waals surface area contributed by atoms with Gasteiger partial charge in [0, 0.05) is 12.8 Å². The maximum Gasteiger partial charge on any atom is 0.243 e. The zero-order valence-corrected chi connectivity index (χ0v) is 13.1. The first-order chi connectivity index (χ1) is 9.70. The maximum absolute atomic E-state index is 13.7. The molecule has 1 heterocycles. The Morgan fingerprint density at radius 2 is 2.05 bits per heavy atom. The molecule has 118 valence electrons. The van der Waals surface area contributed by atoms with Gasteiger partial charge in [0.1, 0.15) is 10.7 Å². The summed E-state index contributed by atoms with van der Waals surface area (Å²) < 4.78 is 63.2. The van der Waals surface area contributed by atoms with Crippen LogP contribution in [-0.4, -0.2) is 42.7 Å². The highest BCUT2D eigenvalue weighted by Crippen LogP contribution is 2.20. The van der Waals surface area contributed by atoms with Crippen LogP contribution in [-0.2, 0) is 19.9 Å². The van der Waals surface area contributed by atoms with Crippen LogP contribution in [0.3, 0.4) is 0 Å². The highest BCUT2D eigenvalue weighted by molar-refractivity contribution is 7.91. The zero-order chi connectivity index (χ0) is 15.7. The number of hydrogen-bond acceptors (Lipinski definition) is 5. The molecule has 21 heavy (non-hydrogen) atoms. The molecule has 0 radical (unpaired) electrons. The lowest BCUT2D eigenvalue weighted by Crippen LogP contribution is -2.31. The van der Waals surface area contributed by atoms with Gasteiger partial charge in [0.15, 0.2) is 9.84 Å². The molecule has 2 N–H and O–H groups in total. The second-order valence-corrected chi connectivity index (χ2v) is 8.83. The summed E-state index contributed by atoms with van der Waals surface area (Å²) in [5, 5.41) is 3.10. The fourth-order valence-corrected chi connectivity index (χ4v) is 4.05. The molecule has 1 unspecified atom stereocenters. The lowest BCUT2D eigenvalue weighted by Gasteiger charge is -2.12. The van der Waals surface area contributed by atoms with E-state index in [-0.39, 0.29) is 17.4 Å². The topological polar surface area (TPSA) is 92.3 Å². The van der Waals surface area contributed by atoms with Crippen molar-refractivity contribution in [2.45, 2.75) is 16.2 Å². The molecule has 0 spiro atoms. The zero-order valence-electron chi connectivity index (χ0n) is 11.5. The molecule has 1 aromatic rings. The molecule has 6 nitrogen and oxygen atoms in total. The first-order valence-electron chi connectivity index (χ1n) is 6.40. The van der Waals surface area contributed by atoms with Gasteiger partial charge in [-0.3, -0.25) is 0 Å². The van der Waals surface area contributed by atoms with E-state index in [1.165, 1.54) is 0 Å². The average Bonchev–Trinajstić information content (AvgIpc) is 2.88. The van der Waals surface area contributed by atoms with Gasteiger partial charge < -0.3 is 5.32 Å². The van der Waals surface area contributed by atoms with Crippen molar-refractivity contribution in [2.24, 2.45) is 5.92 Å². The molecular formula is C12H17FN2O4S2. The van der Waals surface area contributed by atoms with Crippen molar-refractivity contribution in [1.29, 1.82) is 0 Å². The average molecular weight is 336 g/mol. The van der Waals surface area contributed by atoms with E-state index in [9.17, 15) is 21.2 Å². The van der Waals surface area contributed by atoms with Crippen LogP contribution in [0, 0.1) is 11.7 Å². The minimum absolute atomic E-state index is 0.154. The van der Waals surface area contributed by atoms with Crippen molar-refractivity contribution in [3.63, 3.8) is 0 Å². The molecule has 0 aromatic heterocycles. The normalized spacial score (nSPS) is 19.8. The van der Waals surface area contributed by atoms with E-state index < -0.39 is 30.6 Å². The minimum atomic E-state index is -4.08. The van der Waals surface area contributed by atoms with Crippen LogP contribution in [0.2, 0.25) is 0 Å². The number of halogens is 1. The lowest BCUT2D eigenvalue weighted by molar-refractivity contribution is 0.528. The summed E-state index contributed by atoms with van der Waals surface area (Å²) in [6, 6.07) is 2.74. The van der Waals surface area contributed by atoms with E-state index in [0.717, 1.165) is 37.4 Å². The summed E-state index contributed by atoms with van der Waals surface area (Å²) >= 11 is 0. The summed E-state index contributed by atoms with van der Waals surface area (Å²) in [7, 11) is -7.68. The Morgan fingerprint density at radius 3 is 2.62 bits per heavy atom. The van der Waals surface area contributed by atoms with E-state index in [0.29, 0.717) is 6.54 Å². The highest BCUT2D eigenvalue weighted by Gasteiger charge is 2.24. The van der Waals surface area contributed by atoms with Crippen molar-refractivity contribution in [3.05, 3.63) is 24.0 Å². The standard InChI is InChI=1S/C12H17FN2O4S2/c1-20(16,17)10-2-3-11(13)12(6-10)21(18,19)15-8-9-4-5-14-7-9/h2-3,6,9,14-15H,4-5,7-8H2,1H3. The summed E-state index contributed by atoms with van der Waals surface area (Å²) in [5.41, 5.74) is 0. The third-order valence-electron chi connectivity index (χ3n) is 3.34. The Hall–Kier alpha value is -1.03. The van der Waals surface area contributed by atoms with E-state index >= 15 is 0 Å². The van der Waals surface area contributed by atoms with Gasteiger partial charge in [-0.15, -0.1) is 0 Å². The Bertz CT molecular complexity index is 726. The molecule has 1 aliphatic heterocycles. The Kier molecular flexibility index (Phi) is 4.66. The minimum Gasteiger partial charge on any atom is -0.316 e. The quantitative estimate of drug-likeness (QED) is 0.745. The summed E-state index contributed by atoms with van der Waals surface area (Å²) in [6.07, 6.45) is 1.78. The number of rotatable bonds is 5. The summed E-state index contributed by atoms with van der Waals surface area (Å²) in [4.78, 5) is -0.872. The van der Waals surface area contributed by atoms with Crippen LogP contribution in [0.5, 0.6) is 0 Å². The van der Waals surface area contributed by atoms with Crippen molar-refractivity contribution in [2.75, 3.05) is 25.9 Å². The van der Waals surface area contributed by atoms with E-state index in [2.05, 4.69) is 10.0 Å². The van der Waals surface area contributed by atoms with Gasteiger partial charge in [-0.2, -0.15) is 0 Å². The van der Waals surface area contributed by atoms with Crippen LogP contribution in [0.4, 0.5) is 4.39 Å². The van der Waals surface area contributed by atoms with Gasteiger partial charge in [0.2, 0.25) is 10.0 Å². The first kappa shape index (κ1) is 16.3. The fourth-order valence-electron chi connectivity index (χ4n) is 2.11. The van der Waals surface area contributed by atoms with E-state index in [1.807, 2.05) is 0 Å². The smallest absolute Gasteiger partial charge is 0.243 e. The molecule has 0 bridgehead atoms. The number of benzene rings is 1. The summed E-state index contributed by atoms with van der Waals surface area (Å²) in [5.74, 6) is -0.819. The molecule has 1 saturated heterocycles. The molecule has 0 aliphatic carbocycles. The second kappa shape index (κ2) is 5.99. The lowest BCUT2D eigenvalue weighted by atomic mass is 10.1. The molecule has 0 saturated carbocycles. The van der Waals surface area contributed by atoms with Gasteiger partial charge in [-0.05, 0) is 43.6 Å². The molecule has 0 amide bonds. The van der Waals surface area contributed by atoms with Crippen LogP contribution < -0.4 is 10.0 Å². The predicted octanol–water partition coefficient (Wildman–Crippen LogP) is 0.117. The van der Waals surface area contributed by atoms with Gasteiger partial charge >= 0.3 is 0 Å². The molecule has 2 rings (SSSR count). The Balaban J connectivity index is 2.26. The molecule has 1 fully saturated rings. The van der Waals surface area contributed by atoms with Crippen molar-refractivity contribution >= 4 is 19.9 Å².